The van der Waals surface area contributed by atoms with Gasteiger partial charge in [0.2, 0.25) is 0 Å². The largest absolute Gasteiger partial charge is 0.563 e. The smallest absolute Gasteiger partial charge is 0 e. The summed E-state index contributed by atoms with van der Waals surface area (Å²) < 4.78 is 0. The molecular formula is C17H27CmO-. The Morgan fingerprint density at radius 2 is 1.58 bits per heavy atom. The van der Waals surface area contributed by atoms with Gasteiger partial charge in [-0.05, 0) is 66.6 Å². The van der Waals surface area contributed by atoms with E-state index in [1.54, 1.807) is 6.42 Å². The third kappa shape index (κ3) is 1.46. The zero-order valence-electron chi connectivity index (χ0n) is 12.3. The van der Waals surface area contributed by atoms with E-state index in [4.69, 9.17) is 0 Å². The minimum atomic E-state index is 0. The van der Waals surface area contributed by atoms with E-state index in [1.807, 2.05) is 6.92 Å². The molecule has 4 aliphatic carbocycles. The van der Waals surface area contributed by atoms with Crippen LogP contribution in [0.5, 0.6) is 0 Å². The van der Waals surface area contributed by atoms with E-state index in [1.165, 1.54) is 12.8 Å². The summed E-state index contributed by atoms with van der Waals surface area (Å²) in [6, 6.07) is 0. The van der Waals surface area contributed by atoms with Crippen molar-refractivity contribution in [2.24, 2.45) is 53.3 Å². The van der Waals surface area contributed by atoms with Gasteiger partial charge in [0.1, 0.15) is 0 Å². The Morgan fingerprint density at radius 3 is 2.21 bits per heavy atom. The van der Waals surface area contributed by atoms with Gasteiger partial charge in [-0.25, -0.2) is 6.10 Å². The average Bonchev–Trinajstić information content (AvgIpc) is 2.97. The molecule has 0 aromatic heterocycles. The molecule has 4 saturated carbocycles. The maximum atomic E-state index is 9.62. The molecule has 0 heterocycles. The van der Waals surface area contributed by atoms with Crippen molar-refractivity contribution in [1.29, 1.82) is 0 Å². The predicted molar refractivity (Wildman–Crippen MR) is 72.1 cm³/mol. The number of aliphatic hydroxyl groups excluding tert-OH is 1. The summed E-state index contributed by atoms with van der Waals surface area (Å²) in [5.41, 5.74) is 0. The summed E-state index contributed by atoms with van der Waals surface area (Å²) in [4.78, 5) is 0. The second-order valence-electron chi connectivity index (χ2n) is 8.03. The molecule has 9 unspecified atom stereocenters. The van der Waals surface area contributed by atoms with Crippen LogP contribution in [0.1, 0.15) is 46.5 Å². The van der Waals surface area contributed by atoms with Crippen molar-refractivity contribution < 1.29 is 5.11 Å². The van der Waals surface area contributed by atoms with Gasteiger partial charge < -0.3 is 5.11 Å². The fourth-order valence-electron chi connectivity index (χ4n) is 6.98. The van der Waals surface area contributed by atoms with Crippen LogP contribution in [0, 0.1) is 59.4 Å². The quantitative estimate of drug-likeness (QED) is 0.453. The molecule has 0 spiro atoms. The topological polar surface area (TPSA) is 20.2 Å². The normalized spacial score (nSPS) is 57.6. The summed E-state index contributed by atoms with van der Waals surface area (Å²) >= 11 is 0. The van der Waals surface area contributed by atoms with Crippen molar-refractivity contribution in [2.45, 2.75) is 46.5 Å². The van der Waals surface area contributed by atoms with Gasteiger partial charge in [0.05, 0.1) is 0 Å². The van der Waals surface area contributed by atoms with E-state index in [0.717, 1.165) is 59.7 Å². The first-order chi connectivity index (χ1) is 8.58. The predicted octanol–water partition coefficient (Wildman–Crippen LogP) is 4.11. The first-order valence-corrected chi connectivity index (χ1v) is 8.09. The summed E-state index contributed by atoms with van der Waals surface area (Å²) in [6.45, 7) is 6.92. The van der Waals surface area contributed by atoms with Gasteiger partial charge in [-0.1, -0.05) is 19.8 Å². The maximum Gasteiger partial charge on any atom is 0 e. The zero-order chi connectivity index (χ0) is 12.6. The van der Waals surface area contributed by atoms with Crippen molar-refractivity contribution in [3.8, 4) is 0 Å². The molecule has 1 N–H and O–H groups in total. The van der Waals surface area contributed by atoms with Gasteiger partial charge in [-0.2, -0.15) is 13.3 Å². The number of aliphatic hydroxyl groups is 1. The van der Waals surface area contributed by atoms with Crippen molar-refractivity contribution in [3.05, 3.63) is 6.10 Å². The maximum absolute atomic E-state index is 9.62. The Hall–Kier alpha value is -1.04. The molecule has 4 fully saturated rings. The first kappa shape index (κ1) is 13.0. The van der Waals surface area contributed by atoms with E-state index in [2.05, 4.69) is 13.8 Å². The summed E-state index contributed by atoms with van der Waals surface area (Å²) in [6.07, 6.45) is 6.13. The molecule has 4 bridgehead atoms. The number of rotatable bonds is 2. The fourth-order valence-corrected chi connectivity index (χ4v) is 6.98. The Labute approximate surface area is 111 Å². The van der Waals surface area contributed by atoms with Crippen molar-refractivity contribution >= 4 is 0 Å². The molecule has 0 saturated heterocycles. The number of hydrogen-bond donors (Lipinski definition) is 1. The van der Waals surface area contributed by atoms with Crippen LogP contribution in [-0.2, 0) is 0 Å². The molecule has 4 rings (SSSR count). The minimum Gasteiger partial charge on any atom is -0.563 e. The molecule has 19 heavy (non-hydrogen) atoms. The Morgan fingerprint density at radius 1 is 0.947 bits per heavy atom. The number of hydrogen-bond acceptors (Lipinski definition) is 1. The molecule has 2 heteroatoms. The molecule has 0 aromatic carbocycles. The number of fused-ring (bicyclic) bond motifs is 9. The Kier molecular flexibility index (Phi) is 2.71. The third-order valence-corrected chi connectivity index (χ3v) is 7.54. The molecule has 9 atom stereocenters. The van der Waals surface area contributed by atoms with Crippen LogP contribution < -0.4 is 0 Å². The second kappa shape index (κ2) is 3.98. The Bertz CT molecular complexity index is 355. The molecule has 0 radical (unpaired) electrons. The zero-order valence-corrected chi connectivity index (χ0v) is 15.3. The van der Waals surface area contributed by atoms with Crippen molar-refractivity contribution in [1.82, 2.24) is 0 Å². The van der Waals surface area contributed by atoms with Gasteiger partial charge in [0, 0.05) is 0 Å². The van der Waals surface area contributed by atoms with Crippen LogP contribution in [0.2, 0.25) is 0 Å². The van der Waals surface area contributed by atoms with Gasteiger partial charge in [0.25, 0.3) is 0 Å². The van der Waals surface area contributed by atoms with Gasteiger partial charge in [-0.15, -0.1) is 0 Å². The van der Waals surface area contributed by atoms with E-state index < -0.39 is 0 Å². The standard InChI is InChI=1S/C17H27O.Cm/c1-8(18)4-11-5-12-6-15(11)17-14-7-13(16(12)17)9(2)10(14)3;/h9-18H,4-7H2,1-3H3;/q-1;. The van der Waals surface area contributed by atoms with Crippen molar-refractivity contribution in [3.63, 3.8) is 0 Å². The van der Waals surface area contributed by atoms with Crippen LogP contribution in [0.25, 0.3) is 0 Å². The van der Waals surface area contributed by atoms with Crippen LogP contribution in [0.4, 0.5) is 0 Å². The monoisotopic (exact) mass is 490 g/mol. The molecule has 0 aliphatic heterocycles. The van der Waals surface area contributed by atoms with Crippen molar-refractivity contribution in [2.75, 3.05) is 0 Å². The Balaban J connectivity index is 0.00000110. The molecule has 110 valence electrons. The SMILES string of the molecule is C[C-](O)CC1CC2CC1C1C3CC(C(C)C3C)C21.[Cm]. The fraction of sp³-hybridized carbons (Fsp3) is 0.941. The van der Waals surface area contributed by atoms with E-state index in [0.29, 0.717) is 6.10 Å². The van der Waals surface area contributed by atoms with Gasteiger partial charge in [-0.3, -0.25) is 0 Å². The molecule has 0 aromatic rings. The molecule has 0 amide bonds. The third-order valence-electron chi connectivity index (χ3n) is 7.54. The summed E-state index contributed by atoms with van der Waals surface area (Å²) in [5.74, 6) is 8.99. The molecule has 1 nitrogen and oxygen atoms in total. The minimum absolute atomic E-state index is 0. The van der Waals surface area contributed by atoms with E-state index in [9.17, 15) is 5.11 Å². The van der Waals surface area contributed by atoms with Crippen LogP contribution in [-0.4, -0.2) is 5.11 Å². The summed E-state index contributed by atoms with van der Waals surface area (Å²) in [5, 5.41) is 9.62. The van der Waals surface area contributed by atoms with Gasteiger partial charge in [0.15, 0.2) is 0 Å². The van der Waals surface area contributed by atoms with Crippen LogP contribution in [0.15, 0.2) is 0 Å². The average molecular weight is 494 g/mol. The van der Waals surface area contributed by atoms with Crippen LogP contribution in [0.3, 0.4) is 0 Å². The first-order valence-electron chi connectivity index (χ1n) is 8.09. The van der Waals surface area contributed by atoms with E-state index >= 15 is 0 Å². The summed E-state index contributed by atoms with van der Waals surface area (Å²) in [7, 11) is 0. The van der Waals surface area contributed by atoms with Crippen LogP contribution >= 0.6 is 0 Å². The van der Waals surface area contributed by atoms with Gasteiger partial charge >= 0.3 is 0 Å². The molecule has 4 aliphatic rings. The molecular weight excluding hydrogens is 467 g/mol. The second-order valence-corrected chi connectivity index (χ2v) is 8.03. The van der Waals surface area contributed by atoms with E-state index in [-0.39, 0.29) is 0 Å².